The van der Waals surface area contributed by atoms with Crippen LogP contribution in [-0.4, -0.2) is 21.3 Å². The lowest BCUT2D eigenvalue weighted by molar-refractivity contribution is 0.856. The number of halogens is 1. The molecule has 0 saturated carbocycles. The molecule has 0 atom stereocenters. The summed E-state index contributed by atoms with van der Waals surface area (Å²) in [6, 6.07) is 18.4. The van der Waals surface area contributed by atoms with Gasteiger partial charge in [-0.05, 0) is 41.7 Å². The van der Waals surface area contributed by atoms with E-state index in [4.69, 9.17) is 16.7 Å². The highest BCUT2D eigenvalue weighted by atomic mass is 35.5. The highest BCUT2D eigenvalue weighted by molar-refractivity contribution is 8.16. The molecule has 1 aliphatic rings. The number of rotatable bonds is 3. The lowest BCUT2D eigenvalue weighted by Crippen LogP contribution is -2.03. The maximum atomic E-state index is 6.16. The number of nitrogens with zero attached hydrogens (tertiary/aromatic N) is 2. The monoisotopic (exact) mass is 372 g/mol. The SMILES string of the molecule is Clc1cccc(-n2cc(-c3ccccc3)c(C3SCCCS3)n2)c1. The van der Waals surface area contributed by atoms with Crippen LogP contribution in [0.1, 0.15) is 16.7 Å². The first kappa shape index (κ1) is 16.1. The van der Waals surface area contributed by atoms with Gasteiger partial charge in [0, 0.05) is 16.8 Å². The first-order chi connectivity index (χ1) is 11.8. The summed E-state index contributed by atoms with van der Waals surface area (Å²) < 4.78 is 2.36. The Morgan fingerprint density at radius 3 is 2.54 bits per heavy atom. The van der Waals surface area contributed by atoms with E-state index in [1.54, 1.807) is 0 Å². The zero-order valence-corrected chi connectivity index (χ0v) is 15.4. The topological polar surface area (TPSA) is 17.8 Å². The van der Waals surface area contributed by atoms with Gasteiger partial charge in [-0.2, -0.15) is 5.10 Å². The van der Waals surface area contributed by atoms with E-state index in [0.29, 0.717) is 4.58 Å². The van der Waals surface area contributed by atoms with E-state index >= 15 is 0 Å². The molecule has 1 aromatic heterocycles. The van der Waals surface area contributed by atoms with Gasteiger partial charge in [0.05, 0.1) is 16.0 Å². The third-order valence-corrected chi connectivity index (χ3v) is 7.10. The lowest BCUT2D eigenvalue weighted by atomic mass is 10.1. The zero-order chi connectivity index (χ0) is 16.4. The van der Waals surface area contributed by atoms with Crippen LogP contribution >= 0.6 is 35.1 Å². The zero-order valence-electron chi connectivity index (χ0n) is 13.1. The molecule has 2 aromatic carbocycles. The molecular weight excluding hydrogens is 356 g/mol. The minimum atomic E-state index is 0.398. The quantitative estimate of drug-likeness (QED) is 0.556. The summed E-state index contributed by atoms with van der Waals surface area (Å²) in [5, 5.41) is 5.67. The van der Waals surface area contributed by atoms with Crippen molar-refractivity contribution in [1.29, 1.82) is 0 Å². The van der Waals surface area contributed by atoms with E-state index < -0.39 is 0 Å². The fourth-order valence-corrected chi connectivity index (χ4v) is 5.84. The van der Waals surface area contributed by atoms with Crippen molar-refractivity contribution in [3.05, 3.63) is 71.5 Å². The Bertz CT molecular complexity index is 826. The van der Waals surface area contributed by atoms with Crippen molar-refractivity contribution in [3.63, 3.8) is 0 Å². The third kappa shape index (κ3) is 3.37. The molecule has 2 heterocycles. The number of hydrogen-bond acceptors (Lipinski definition) is 3. The molecule has 5 heteroatoms. The van der Waals surface area contributed by atoms with Gasteiger partial charge in [0.2, 0.25) is 0 Å². The van der Waals surface area contributed by atoms with Crippen LogP contribution in [0.3, 0.4) is 0 Å². The summed E-state index contributed by atoms with van der Waals surface area (Å²) in [6.45, 7) is 0. The van der Waals surface area contributed by atoms with Gasteiger partial charge in [-0.1, -0.05) is 48.0 Å². The number of aromatic nitrogens is 2. The van der Waals surface area contributed by atoms with Crippen molar-refractivity contribution in [3.8, 4) is 16.8 Å². The highest BCUT2D eigenvalue weighted by Crippen LogP contribution is 2.46. The van der Waals surface area contributed by atoms with Crippen LogP contribution in [0.2, 0.25) is 5.02 Å². The minimum Gasteiger partial charge on any atom is -0.240 e. The fourth-order valence-electron chi connectivity index (χ4n) is 2.80. The van der Waals surface area contributed by atoms with Crippen LogP contribution in [0, 0.1) is 0 Å². The predicted octanol–water partition coefficient (Wildman–Crippen LogP) is 6.06. The van der Waals surface area contributed by atoms with E-state index in [2.05, 4.69) is 36.5 Å². The molecule has 0 aliphatic carbocycles. The van der Waals surface area contributed by atoms with Gasteiger partial charge in [-0.15, -0.1) is 23.5 Å². The Morgan fingerprint density at radius 1 is 1.00 bits per heavy atom. The summed E-state index contributed by atoms with van der Waals surface area (Å²) >= 11 is 10.2. The van der Waals surface area contributed by atoms with E-state index in [-0.39, 0.29) is 0 Å². The standard InChI is InChI=1S/C19H17ClN2S2/c20-15-8-4-9-16(12-15)22-13-17(14-6-2-1-3-7-14)18(21-22)19-23-10-5-11-24-19/h1-4,6-9,12-13,19H,5,10-11H2. The average Bonchev–Trinajstić information content (AvgIpc) is 3.09. The molecule has 24 heavy (non-hydrogen) atoms. The largest absolute Gasteiger partial charge is 0.240 e. The van der Waals surface area contributed by atoms with E-state index in [1.807, 2.05) is 52.5 Å². The molecule has 0 unspecified atom stereocenters. The molecule has 4 rings (SSSR count). The second-order valence-corrected chi connectivity index (χ2v) is 8.81. The van der Waals surface area contributed by atoms with Crippen molar-refractivity contribution in [1.82, 2.24) is 9.78 Å². The van der Waals surface area contributed by atoms with Crippen LogP contribution < -0.4 is 0 Å². The molecular formula is C19H17ClN2S2. The van der Waals surface area contributed by atoms with Crippen LogP contribution in [0.25, 0.3) is 16.8 Å². The number of thioether (sulfide) groups is 2. The number of hydrogen-bond donors (Lipinski definition) is 0. The lowest BCUT2D eigenvalue weighted by Gasteiger charge is -2.20. The average molecular weight is 373 g/mol. The van der Waals surface area contributed by atoms with Crippen molar-refractivity contribution >= 4 is 35.1 Å². The molecule has 0 bridgehead atoms. The van der Waals surface area contributed by atoms with Crippen LogP contribution in [-0.2, 0) is 0 Å². The first-order valence-electron chi connectivity index (χ1n) is 7.95. The normalized spacial score (nSPS) is 15.5. The minimum absolute atomic E-state index is 0.398. The van der Waals surface area contributed by atoms with Crippen LogP contribution in [0.4, 0.5) is 0 Å². The second kappa shape index (κ2) is 7.26. The molecule has 0 spiro atoms. The smallest absolute Gasteiger partial charge is 0.0946 e. The molecule has 0 N–H and O–H groups in total. The van der Waals surface area contributed by atoms with Crippen molar-refractivity contribution in [2.75, 3.05) is 11.5 Å². The molecule has 1 fully saturated rings. The Labute approximate surface area is 155 Å². The van der Waals surface area contributed by atoms with Gasteiger partial charge < -0.3 is 0 Å². The van der Waals surface area contributed by atoms with Gasteiger partial charge in [-0.3, -0.25) is 0 Å². The molecule has 1 aliphatic heterocycles. The number of benzene rings is 2. The molecule has 122 valence electrons. The predicted molar refractivity (Wildman–Crippen MR) is 106 cm³/mol. The van der Waals surface area contributed by atoms with Crippen LogP contribution in [0.15, 0.2) is 60.8 Å². The first-order valence-corrected chi connectivity index (χ1v) is 10.4. The van der Waals surface area contributed by atoms with Gasteiger partial charge in [0.1, 0.15) is 0 Å². The van der Waals surface area contributed by atoms with Gasteiger partial charge in [0.15, 0.2) is 0 Å². The maximum absolute atomic E-state index is 6.16. The Balaban J connectivity index is 1.81. The highest BCUT2D eigenvalue weighted by Gasteiger charge is 2.24. The van der Waals surface area contributed by atoms with Gasteiger partial charge in [-0.25, -0.2) is 4.68 Å². The van der Waals surface area contributed by atoms with Crippen molar-refractivity contribution in [2.24, 2.45) is 0 Å². The summed E-state index contributed by atoms with van der Waals surface area (Å²) in [5.74, 6) is 2.41. The Morgan fingerprint density at radius 2 is 1.79 bits per heavy atom. The summed E-state index contributed by atoms with van der Waals surface area (Å²) in [4.78, 5) is 0. The molecule has 0 amide bonds. The Hall–Kier alpha value is -1.36. The maximum Gasteiger partial charge on any atom is 0.0946 e. The van der Waals surface area contributed by atoms with Gasteiger partial charge in [0.25, 0.3) is 0 Å². The van der Waals surface area contributed by atoms with E-state index in [9.17, 15) is 0 Å². The van der Waals surface area contributed by atoms with Crippen LogP contribution in [0.5, 0.6) is 0 Å². The second-order valence-electron chi connectivity index (χ2n) is 5.65. The van der Waals surface area contributed by atoms with E-state index in [1.165, 1.54) is 29.1 Å². The summed E-state index contributed by atoms with van der Waals surface area (Å²) in [7, 11) is 0. The molecule has 0 radical (unpaired) electrons. The van der Waals surface area contributed by atoms with E-state index in [0.717, 1.165) is 16.4 Å². The fraction of sp³-hybridized carbons (Fsp3) is 0.211. The van der Waals surface area contributed by atoms with Gasteiger partial charge >= 0.3 is 0 Å². The summed E-state index contributed by atoms with van der Waals surface area (Å²) in [5.41, 5.74) is 4.59. The molecule has 3 aromatic rings. The van der Waals surface area contributed by atoms with Crippen molar-refractivity contribution < 1.29 is 0 Å². The molecule has 1 saturated heterocycles. The van der Waals surface area contributed by atoms with Crippen molar-refractivity contribution in [2.45, 2.75) is 11.0 Å². The molecule has 2 nitrogen and oxygen atoms in total. The Kier molecular flexibility index (Phi) is 4.88. The third-order valence-electron chi connectivity index (χ3n) is 3.95. The summed E-state index contributed by atoms with van der Waals surface area (Å²) in [6.07, 6.45) is 3.41.